The number of carbonyl (C=O) groups excluding carboxylic acids is 1. The first-order valence-corrected chi connectivity index (χ1v) is 11.9. The minimum Gasteiger partial charge on any atom is -0.483 e. The van der Waals surface area contributed by atoms with Gasteiger partial charge in [0.25, 0.3) is 6.47 Å². The maximum Gasteiger partial charge on any atom is 0.416 e. The molecule has 0 spiro atoms. The summed E-state index contributed by atoms with van der Waals surface area (Å²) in [5.41, 5.74) is 3.10. The second-order valence-electron chi connectivity index (χ2n) is 8.25. The van der Waals surface area contributed by atoms with Crippen molar-refractivity contribution in [3.8, 4) is 11.3 Å². The van der Waals surface area contributed by atoms with E-state index in [4.69, 9.17) is 9.90 Å². The number of thiazole rings is 1. The smallest absolute Gasteiger partial charge is 0.416 e. The molecule has 6 nitrogen and oxygen atoms in total. The van der Waals surface area contributed by atoms with E-state index < -0.39 is 17.6 Å². The Morgan fingerprint density at radius 1 is 1.17 bits per heavy atom. The third kappa shape index (κ3) is 6.67. The van der Waals surface area contributed by atoms with Crippen LogP contribution in [0.25, 0.3) is 11.3 Å². The number of nitrogens with zero attached hydrogens (tertiary/aromatic N) is 1. The van der Waals surface area contributed by atoms with Crippen molar-refractivity contribution >= 4 is 29.4 Å². The van der Waals surface area contributed by atoms with Gasteiger partial charge in [-0.3, -0.25) is 9.59 Å². The molecule has 1 aliphatic rings. The number of carbonyl (C=O) groups is 2. The van der Waals surface area contributed by atoms with Crippen molar-refractivity contribution in [2.45, 2.75) is 44.4 Å². The third-order valence-electron chi connectivity index (χ3n) is 6.04. The maximum absolute atomic E-state index is 14.1. The zero-order valence-corrected chi connectivity index (χ0v) is 19.8. The quantitative estimate of drug-likeness (QED) is 0.278. The summed E-state index contributed by atoms with van der Waals surface area (Å²) in [5.74, 6) is -1.70. The van der Waals surface area contributed by atoms with Crippen LogP contribution in [-0.2, 0) is 22.4 Å². The predicted molar refractivity (Wildman–Crippen MR) is 127 cm³/mol. The molecule has 3 N–H and O–H groups in total. The molecule has 0 aliphatic heterocycles. The fourth-order valence-corrected chi connectivity index (χ4v) is 4.93. The fraction of sp³-hybridized carbons (Fsp3) is 0.320. The van der Waals surface area contributed by atoms with Gasteiger partial charge < -0.3 is 15.5 Å². The van der Waals surface area contributed by atoms with Gasteiger partial charge in [-0.1, -0.05) is 30.7 Å². The standard InChI is InChI=1S/C24H22F4N2O2S.CH2O2/c25-19-11-18(24(26,27)28)8-9-20(19)30-23(32)17-3-1-2-16(10-17)14-4-6-15(7-5-14)22-21(12-31)33-13-29-22;2-1-3/h4-9,11,13,16-17,31H,1-3,10,12H2,(H,30,32);1H,(H,2,3). The Hall–Kier alpha value is -3.31. The van der Waals surface area contributed by atoms with Crippen LogP contribution in [0.2, 0.25) is 0 Å². The summed E-state index contributed by atoms with van der Waals surface area (Å²) in [5, 5.41) is 18.8. The minimum absolute atomic E-state index is 0.0688. The summed E-state index contributed by atoms with van der Waals surface area (Å²) in [7, 11) is 0. The topological polar surface area (TPSA) is 99.5 Å². The Morgan fingerprint density at radius 3 is 2.47 bits per heavy atom. The molecule has 1 fully saturated rings. The van der Waals surface area contributed by atoms with E-state index >= 15 is 0 Å². The van der Waals surface area contributed by atoms with Gasteiger partial charge in [-0.05, 0) is 48.9 Å². The van der Waals surface area contributed by atoms with Crippen molar-refractivity contribution in [1.82, 2.24) is 4.98 Å². The number of aliphatic hydroxyl groups is 1. The lowest BCUT2D eigenvalue weighted by Gasteiger charge is -2.29. The van der Waals surface area contributed by atoms with Gasteiger partial charge in [0.05, 0.1) is 33.9 Å². The van der Waals surface area contributed by atoms with Crippen molar-refractivity contribution < 1.29 is 37.4 Å². The van der Waals surface area contributed by atoms with Crippen LogP contribution >= 0.6 is 11.3 Å². The van der Waals surface area contributed by atoms with Gasteiger partial charge >= 0.3 is 6.18 Å². The first-order chi connectivity index (χ1) is 17.2. The minimum atomic E-state index is -4.64. The van der Waals surface area contributed by atoms with Crippen LogP contribution < -0.4 is 5.32 Å². The Balaban J connectivity index is 0.00000115. The number of aliphatic hydroxyl groups excluding tert-OH is 1. The number of anilines is 1. The molecular weight excluding hydrogens is 500 g/mol. The second kappa shape index (κ2) is 12.1. The average molecular weight is 525 g/mol. The molecule has 192 valence electrons. The number of rotatable bonds is 5. The molecule has 2 aromatic carbocycles. The number of benzene rings is 2. The first kappa shape index (κ1) is 27.3. The molecule has 4 rings (SSSR count). The highest BCUT2D eigenvalue weighted by atomic mass is 32.1. The van der Waals surface area contributed by atoms with Crippen LogP contribution in [0.3, 0.4) is 0 Å². The monoisotopic (exact) mass is 524 g/mol. The number of halogens is 4. The Bertz CT molecular complexity index is 1180. The summed E-state index contributed by atoms with van der Waals surface area (Å²) in [6.45, 7) is -0.319. The Kier molecular flexibility index (Phi) is 9.16. The molecular formula is C25H24F4N2O4S. The van der Waals surface area contributed by atoms with Gasteiger partial charge in [-0.2, -0.15) is 13.2 Å². The summed E-state index contributed by atoms with van der Waals surface area (Å²) in [6.07, 6.45) is -1.70. The molecule has 1 heterocycles. The van der Waals surface area contributed by atoms with Gasteiger partial charge in [-0.25, -0.2) is 9.37 Å². The van der Waals surface area contributed by atoms with E-state index in [1.54, 1.807) is 5.51 Å². The number of amides is 1. The zero-order chi connectivity index (χ0) is 26.3. The summed E-state index contributed by atoms with van der Waals surface area (Å²) in [6, 6.07) is 10.00. The lowest BCUT2D eigenvalue weighted by atomic mass is 9.77. The highest BCUT2D eigenvalue weighted by Gasteiger charge is 2.32. The summed E-state index contributed by atoms with van der Waals surface area (Å²) in [4.78, 5) is 26.2. The Labute approximate surface area is 208 Å². The van der Waals surface area contributed by atoms with E-state index in [1.165, 1.54) is 11.3 Å². The molecule has 0 bridgehead atoms. The van der Waals surface area contributed by atoms with Gasteiger partial charge in [0.1, 0.15) is 5.82 Å². The SMILES string of the molecule is O=C(Nc1ccc(C(F)(F)F)cc1F)C1CCCC(c2ccc(-c3ncsc3CO)cc2)C1.O=CO. The molecule has 1 saturated carbocycles. The van der Waals surface area contributed by atoms with E-state index in [9.17, 15) is 27.5 Å². The molecule has 0 saturated heterocycles. The molecule has 0 radical (unpaired) electrons. The van der Waals surface area contributed by atoms with E-state index in [0.717, 1.165) is 46.7 Å². The molecule has 2 atom stereocenters. The van der Waals surface area contributed by atoms with Crippen LogP contribution in [-0.4, -0.2) is 27.6 Å². The van der Waals surface area contributed by atoms with Crippen LogP contribution in [0.5, 0.6) is 0 Å². The van der Waals surface area contributed by atoms with E-state index in [0.29, 0.717) is 18.9 Å². The number of alkyl halides is 3. The van der Waals surface area contributed by atoms with Crippen LogP contribution in [0.15, 0.2) is 48.0 Å². The number of carboxylic acid groups (broad SMARTS) is 1. The zero-order valence-electron chi connectivity index (χ0n) is 19.0. The second-order valence-corrected chi connectivity index (χ2v) is 9.19. The number of aromatic nitrogens is 1. The van der Waals surface area contributed by atoms with Crippen molar-refractivity contribution in [1.29, 1.82) is 0 Å². The average Bonchev–Trinajstić information content (AvgIpc) is 3.34. The predicted octanol–water partition coefficient (Wildman–Crippen LogP) is 6.07. The van der Waals surface area contributed by atoms with Gasteiger partial charge in [0.15, 0.2) is 0 Å². The molecule has 2 unspecified atom stereocenters. The van der Waals surface area contributed by atoms with Crippen molar-refractivity contribution in [3.63, 3.8) is 0 Å². The molecule has 1 aliphatic carbocycles. The van der Waals surface area contributed by atoms with Crippen molar-refractivity contribution in [3.05, 3.63) is 69.8 Å². The first-order valence-electron chi connectivity index (χ1n) is 11.1. The molecule has 1 aromatic heterocycles. The lowest BCUT2D eigenvalue weighted by molar-refractivity contribution is -0.137. The van der Waals surface area contributed by atoms with Crippen LogP contribution in [0, 0.1) is 11.7 Å². The van der Waals surface area contributed by atoms with E-state index in [-0.39, 0.29) is 36.5 Å². The highest BCUT2D eigenvalue weighted by Crippen LogP contribution is 2.38. The molecule has 36 heavy (non-hydrogen) atoms. The van der Waals surface area contributed by atoms with Gasteiger partial charge in [0.2, 0.25) is 5.91 Å². The van der Waals surface area contributed by atoms with Crippen molar-refractivity contribution in [2.75, 3.05) is 5.32 Å². The summed E-state index contributed by atoms with van der Waals surface area (Å²) < 4.78 is 52.3. The molecule has 3 aromatic rings. The van der Waals surface area contributed by atoms with E-state index in [1.807, 2.05) is 24.3 Å². The lowest BCUT2D eigenvalue weighted by Crippen LogP contribution is -2.28. The van der Waals surface area contributed by atoms with E-state index in [2.05, 4.69) is 10.3 Å². The largest absolute Gasteiger partial charge is 0.483 e. The van der Waals surface area contributed by atoms with Crippen molar-refractivity contribution in [2.24, 2.45) is 5.92 Å². The maximum atomic E-state index is 14.1. The molecule has 1 amide bonds. The number of hydrogen-bond acceptors (Lipinski definition) is 5. The van der Waals surface area contributed by atoms with Gasteiger partial charge in [-0.15, -0.1) is 11.3 Å². The fourth-order valence-electron chi connectivity index (χ4n) is 4.29. The normalized spacial score (nSPS) is 17.6. The summed E-state index contributed by atoms with van der Waals surface area (Å²) >= 11 is 1.40. The van der Waals surface area contributed by atoms with Gasteiger partial charge in [0, 0.05) is 11.5 Å². The number of nitrogens with one attached hydrogen (secondary N) is 1. The molecule has 11 heteroatoms. The highest BCUT2D eigenvalue weighted by molar-refractivity contribution is 7.10. The third-order valence-corrected chi connectivity index (χ3v) is 6.86. The van der Waals surface area contributed by atoms with Crippen LogP contribution in [0.1, 0.15) is 47.6 Å². The van der Waals surface area contributed by atoms with Crippen LogP contribution in [0.4, 0.5) is 23.2 Å². The Morgan fingerprint density at radius 2 is 1.86 bits per heavy atom. The number of hydrogen-bond donors (Lipinski definition) is 3.